The van der Waals surface area contributed by atoms with E-state index in [1.165, 1.54) is 62.3 Å². The molecule has 1 aliphatic rings. The first-order valence-corrected chi connectivity index (χ1v) is 8.89. The highest BCUT2D eigenvalue weighted by Crippen LogP contribution is 2.21. The van der Waals surface area contributed by atoms with E-state index in [-0.39, 0.29) is 11.4 Å². The van der Waals surface area contributed by atoms with Crippen LogP contribution in [0.15, 0.2) is 47.5 Å². The number of phenols is 1. The average molecular weight is 353 g/mol. The summed E-state index contributed by atoms with van der Waals surface area (Å²) in [4.78, 5) is 17.1. The number of likely N-dealkylation sites (tertiary alicyclic amines) is 1. The number of hydrogen-bond donors (Lipinski definition) is 1. The molecule has 136 valence electrons. The molecule has 3 rings (SSSR count). The quantitative estimate of drug-likeness (QED) is 0.485. The minimum absolute atomic E-state index is 0.0174. The molecule has 2 aromatic rings. The predicted octanol–water partition coefficient (Wildman–Crippen LogP) is 3.91. The Balaban J connectivity index is 1.58. The Morgan fingerprint density at radius 3 is 2.46 bits per heavy atom. The van der Waals surface area contributed by atoms with Crippen LogP contribution in [0.25, 0.3) is 0 Å². The first-order valence-electron chi connectivity index (χ1n) is 8.89. The zero-order valence-corrected chi connectivity index (χ0v) is 14.7. The molecule has 0 atom stereocenters. The first kappa shape index (κ1) is 18.1. The van der Waals surface area contributed by atoms with Crippen LogP contribution in [0.3, 0.4) is 0 Å². The molecule has 26 heavy (non-hydrogen) atoms. The van der Waals surface area contributed by atoms with E-state index in [0.717, 1.165) is 12.1 Å². The van der Waals surface area contributed by atoms with E-state index in [1.807, 2.05) is 0 Å². The van der Waals surface area contributed by atoms with Crippen molar-refractivity contribution >= 4 is 11.9 Å². The average Bonchev–Trinajstić information content (AvgIpc) is 2.65. The molecule has 1 heterocycles. The van der Waals surface area contributed by atoms with Crippen LogP contribution in [0.4, 0.5) is 5.69 Å². The number of phenolic OH excluding ortho intramolecular Hbond substituents is 1. The number of nitro groups is 1. The second kappa shape index (κ2) is 8.58. The smallest absolute Gasteiger partial charge is 0.270 e. The van der Waals surface area contributed by atoms with Crippen molar-refractivity contribution in [3.05, 3.63) is 69.3 Å². The topological polar surface area (TPSA) is 79.0 Å². The summed E-state index contributed by atoms with van der Waals surface area (Å²) in [6.07, 6.45) is 5.39. The summed E-state index contributed by atoms with van der Waals surface area (Å²) in [5, 5.41) is 20.6. The van der Waals surface area contributed by atoms with Crippen LogP contribution in [0.2, 0.25) is 0 Å². The fraction of sp³-hybridized carbons (Fsp3) is 0.350. The molecule has 6 heteroatoms. The van der Waals surface area contributed by atoms with Gasteiger partial charge in [-0.1, -0.05) is 30.7 Å². The Bertz CT molecular complexity index is 781. The zero-order valence-electron chi connectivity index (χ0n) is 14.7. The van der Waals surface area contributed by atoms with Crippen LogP contribution in [-0.4, -0.2) is 34.2 Å². The van der Waals surface area contributed by atoms with Crippen molar-refractivity contribution in [2.24, 2.45) is 4.99 Å². The van der Waals surface area contributed by atoms with E-state index in [9.17, 15) is 15.2 Å². The van der Waals surface area contributed by atoms with Gasteiger partial charge in [0, 0.05) is 30.5 Å². The summed E-state index contributed by atoms with van der Waals surface area (Å²) >= 11 is 0. The van der Waals surface area contributed by atoms with Crippen LogP contribution in [0.1, 0.15) is 36.0 Å². The van der Waals surface area contributed by atoms with Crippen molar-refractivity contribution < 1.29 is 10.0 Å². The van der Waals surface area contributed by atoms with Crippen LogP contribution >= 0.6 is 0 Å². The summed E-state index contributed by atoms with van der Waals surface area (Å²) in [6, 6.07) is 12.3. The predicted molar refractivity (Wildman–Crippen MR) is 102 cm³/mol. The minimum atomic E-state index is -0.488. The lowest BCUT2D eigenvalue weighted by Crippen LogP contribution is -2.29. The van der Waals surface area contributed by atoms with Crippen molar-refractivity contribution in [3.8, 4) is 5.75 Å². The number of non-ortho nitro benzene ring substituents is 1. The molecule has 0 radical (unpaired) electrons. The zero-order chi connectivity index (χ0) is 18.4. The van der Waals surface area contributed by atoms with E-state index >= 15 is 0 Å². The Morgan fingerprint density at radius 2 is 1.77 bits per heavy atom. The molecule has 1 aliphatic heterocycles. The van der Waals surface area contributed by atoms with Gasteiger partial charge in [-0.2, -0.15) is 0 Å². The fourth-order valence-electron chi connectivity index (χ4n) is 3.13. The Morgan fingerprint density at radius 1 is 1.08 bits per heavy atom. The van der Waals surface area contributed by atoms with E-state index in [2.05, 4.69) is 34.2 Å². The van der Waals surface area contributed by atoms with Crippen molar-refractivity contribution in [1.29, 1.82) is 0 Å². The summed E-state index contributed by atoms with van der Waals surface area (Å²) < 4.78 is 0. The SMILES string of the molecule is O=[N+]([O-])c1ccc(O)c(C=NCc2ccc(CN3CCCCC3)cc2)c1. The molecule has 2 aromatic carbocycles. The summed E-state index contributed by atoms with van der Waals surface area (Å²) in [5.74, 6) is -0.0174. The third-order valence-electron chi connectivity index (χ3n) is 4.60. The molecular weight excluding hydrogens is 330 g/mol. The summed E-state index contributed by atoms with van der Waals surface area (Å²) in [5.41, 5.74) is 2.65. The lowest BCUT2D eigenvalue weighted by atomic mass is 10.1. The third-order valence-corrected chi connectivity index (χ3v) is 4.60. The molecule has 1 N–H and O–H groups in total. The number of hydrogen-bond acceptors (Lipinski definition) is 5. The van der Waals surface area contributed by atoms with Crippen LogP contribution < -0.4 is 0 Å². The van der Waals surface area contributed by atoms with Gasteiger partial charge in [-0.05, 0) is 43.1 Å². The van der Waals surface area contributed by atoms with Gasteiger partial charge in [0.25, 0.3) is 5.69 Å². The molecule has 1 fully saturated rings. The number of aromatic hydroxyl groups is 1. The molecule has 0 unspecified atom stereocenters. The molecule has 6 nitrogen and oxygen atoms in total. The molecule has 1 saturated heterocycles. The van der Waals surface area contributed by atoms with Crippen LogP contribution in [0, 0.1) is 10.1 Å². The maximum Gasteiger partial charge on any atom is 0.270 e. The fourth-order valence-corrected chi connectivity index (χ4v) is 3.13. The van der Waals surface area contributed by atoms with Crippen molar-refractivity contribution in [2.75, 3.05) is 13.1 Å². The molecular formula is C20H23N3O3. The molecule has 0 bridgehead atoms. The maximum atomic E-state index is 10.8. The van der Waals surface area contributed by atoms with Gasteiger partial charge in [0.15, 0.2) is 0 Å². The molecule has 0 saturated carbocycles. The lowest BCUT2D eigenvalue weighted by molar-refractivity contribution is -0.384. The summed E-state index contributed by atoms with van der Waals surface area (Å²) in [6.45, 7) is 3.81. The second-order valence-electron chi connectivity index (χ2n) is 6.62. The molecule has 0 spiro atoms. The van der Waals surface area contributed by atoms with E-state index in [4.69, 9.17) is 0 Å². The van der Waals surface area contributed by atoms with Crippen molar-refractivity contribution in [3.63, 3.8) is 0 Å². The second-order valence-corrected chi connectivity index (χ2v) is 6.62. The highest BCUT2D eigenvalue weighted by atomic mass is 16.6. The standard InChI is InChI=1S/C20H23N3O3/c24-20-9-8-19(23(25)26)12-18(20)14-21-13-16-4-6-17(7-5-16)15-22-10-2-1-3-11-22/h4-9,12,14,24H,1-3,10-11,13,15H2. The Kier molecular flexibility index (Phi) is 5.96. The van der Waals surface area contributed by atoms with Crippen molar-refractivity contribution in [2.45, 2.75) is 32.4 Å². The normalized spacial score (nSPS) is 15.4. The third kappa shape index (κ3) is 4.89. The van der Waals surface area contributed by atoms with Gasteiger partial charge in [-0.3, -0.25) is 20.0 Å². The van der Waals surface area contributed by atoms with Gasteiger partial charge in [0.2, 0.25) is 0 Å². The van der Waals surface area contributed by atoms with Gasteiger partial charge in [0.05, 0.1) is 11.5 Å². The van der Waals surface area contributed by atoms with E-state index in [0.29, 0.717) is 12.1 Å². The highest BCUT2D eigenvalue weighted by Gasteiger charge is 2.10. The van der Waals surface area contributed by atoms with E-state index < -0.39 is 4.92 Å². The van der Waals surface area contributed by atoms with Gasteiger partial charge in [0.1, 0.15) is 5.75 Å². The Hall–Kier alpha value is -2.73. The summed E-state index contributed by atoms with van der Waals surface area (Å²) in [7, 11) is 0. The number of nitro benzene ring substituents is 1. The monoisotopic (exact) mass is 353 g/mol. The largest absolute Gasteiger partial charge is 0.507 e. The molecule has 0 aromatic heterocycles. The number of aliphatic imine (C=N–C) groups is 1. The number of rotatable bonds is 6. The minimum Gasteiger partial charge on any atom is -0.507 e. The highest BCUT2D eigenvalue weighted by molar-refractivity contribution is 5.84. The van der Waals surface area contributed by atoms with Crippen LogP contribution in [-0.2, 0) is 13.1 Å². The lowest BCUT2D eigenvalue weighted by Gasteiger charge is -2.26. The first-order chi connectivity index (χ1) is 12.6. The molecule has 0 amide bonds. The van der Waals surface area contributed by atoms with Crippen molar-refractivity contribution in [1.82, 2.24) is 4.90 Å². The maximum absolute atomic E-state index is 10.8. The van der Waals surface area contributed by atoms with E-state index in [1.54, 1.807) is 0 Å². The van der Waals surface area contributed by atoms with Gasteiger partial charge in [-0.25, -0.2) is 0 Å². The number of piperidine rings is 1. The Labute approximate surface area is 153 Å². The van der Waals surface area contributed by atoms with Gasteiger partial charge < -0.3 is 5.11 Å². The van der Waals surface area contributed by atoms with Gasteiger partial charge >= 0.3 is 0 Å². The number of nitrogens with zero attached hydrogens (tertiary/aromatic N) is 3. The number of benzene rings is 2. The van der Waals surface area contributed by atoms with Crippen LogP contribution in [0.5, 0.6) is 5.75 Å². The van der Waals surface area contributed by atoms with Gasteiger partial charge in [-0.15, -0.1) is 0 Å². The molecule has 0 aliphatic carbocycles.